The monoisotopic (exact) mass is 290 g/mol. The van der Waals surface area contributed by atoms with Gasteiger partial charge in [0.2, 0.25) is 0 Å². The van der Waals surface area contributed by atoms with Crippen molar-refractivity contribution in [2.45, 2.75) is 6.92 Å². The molecule has 17 heavy (non-hydrogen) atoms. The molecule has 0 aliphatic carbocycles. The van der Waals surface area contributed by atoms with E-state index >= 15 is 0 Å². The molecular weight excluding hydrogens is 280 g/mol. The molecule has 0 atom stereocenters. The van der Waals surface area contributed by atoms with Crippen LogP contribution in [0.1, 0.15) is 6.92 Å². The van der Waals surface area contributed by atoms with Gasteiger partial charge in [0.1, 0.15) is 5.75 Å². The molecule has 0 fully saturated rings. The van der Waals surface area contributed by atoms with Crippen LogP contribution in [0, 0.1) is 0 Å². The van der Waals surface area contributed by atoms with Gasteiger partial charge in [0.05, 0.1) is 0 Å². The van der Waals surface area contributed by atoms with Gasteiger partial charge in [-0.2, -0.15) is 0 Å². The van der Waals surface area contributed by atoms with Crippen LogP contribution in [0.4, 0.5) is 0 Å². The summed E-state index contributed by atoms with van der Waals surface area (Å²) < 4.78 is 6.08. The maximum absolute atomic E-state index is 10.9. The molecule has 0 unspecified atom stereocenters. The Kier molecular flexibility index (Phi) is 3.59. The Morgan fingerprint density at radius 1 is 1.06 bits per heavy atom. The Hall–Kier alpha value is -1.61. The largest absolute Gasteiger partial charge is 0.427 e. The molecule has 86 valence electrons. The summed E-state index contributed by atoms with van der Waals surface area (Å²) in [7, 11) is 0. The first kappa shape index (κ1) is 11.9. The number of ether oxygens (including phenoxy) is 1. The summed E-state index contributed by atoms with van der Waals surface area (Å²) in [4.78, 5) is 10.9. The minimum atomic E-state index is -0.309. The second-order valence-corrected chi connectivity index (χ2v) is 4.55. The summed E-state index contributed by atoms with van der Waals surface area (Å²) in [6.45, 7) is 1.39. The van der Waals surface area contributed by atoms with Crippen LogP contribution in [0.2, 0.25) is 0 Å². The van der Waals surface area contributed by atoms with Crippen LogP contribution in [0.3, 0.4) is 0 Å². The molecule has 0 aliphatic heterocycles. The van der Waals surface area contributed by atoms with Crippen molar-refractivity contribution >= 4 is 21.9 Å². The smallest absolute Gasteiger partial charge is 0.308 e. The fraction of sp³-hybridized carbons (Fsp3) is 0.0714. The number of esters is 1. The Morgan fingerprint density at radius 3 is 2.35 bits per heavy atom. The van der Waals surface area contributed by atoms with Gasteiger partial charge in [-0.15, -0.1) is 0 Å². The molecule has 0 amide bonds. The first-order valence-corrected chi connectivity index (χ1v) is 5.99. The molecule has 2 nitrogen and oxygen atoms in total. The normalized spacial score (nSPS) is 10.0. The number of benzene rings is 2. The van der Waals surface area contributed by atoms with E-state index in [0.717, 1.165) is 15.6 Å². The van der Waals surface area contributed by atoms with Crippen molar-refractivity contribution in [1.82, 2.24) is 0 Å². The SMILES string of the molecule is CC(=O)Oc1cccc(-c2cccc(Br)c2)c1. The van der Waals surface area contributed by atoms with Crippen LogP contribution in [-0.2, 0) is 4.79 Å². The molecular formula is C14H11BrO2. The van der Waals surface area contributed by atoms with Crippen molar-refractivity contribution in [3.63, 3.8) is 0 Å². The van der Waals surface area contributed by atoms with Gasteiger partial charge < -0.3 is 4.74 Å². The number of rotatable bonds is 2. The van der Waals surface area contributed by atoms with E-state index in [1.165, 1.54) is 6.92 Å². The minimum Gasteiger partial charge on any atom is -0.427 e. The molecule has 2 aromatic carbocycles. The predicted octanol–water partition coefficient (Wildman–Crippen LogP) is 4.04. The Bertz CT molecular complexity index is 549. The summed E-state index contributed by atoms with van der Waals surface area (Å²) in [5.74, 6) is 0.256. The average molecular weight is 291 g/mol. The summed E-state index contributed by atoms with van der Waals surface area (Å²) in [6.07, 6.45) is 0. The molecule has 0 bridgehead atoms. The average Bonchev–Trinajstić information content (AvgIpc) is 2.28. The molecule has 0 N–H and O–H groups in total. The predicted molar refractivity (Wildman–Crippen MR) is 70.9 cm³/mol. The maximum Gasteiger partial charge on any atom is 0.308 e. The van der Waals surface area contributed by atoms with Gasteiger partial charge >= 0.3 is 5.97 Å². The molecule has 0 radical (unpaired) electrons. The third-order valence-corrected chi connectivity index (χ3v) is 2.75. The highest BCUT2D eigenvalue weighted by molar-refractivity contribution is 9.10. The van der Waals surface area contributed by atoms with Gasteiger partial charge in [-0.25, -0.2) is 0 Å². The van der Waals surface area contributed by atoms with Gasteiger partial charge in [-0.1, -0.05) is 40.2 Å². The highest BCUT2D eigenvalue weighted by Crippen LogP contribution is 2.26. The van der Waals surface area contributed by atoms with E-state index in [4.69, 9.17) is 4.74 Å². The summed E-state index contributed by atoms with van der Waals surface area (Å²) in [5, 5.41) is 0. The molecule has 2 rings (SSSR count). The van der Waals surface area contributed by atoms with E-state index < -0.39 is 0 Å². The molecule has 0 aromatic heterocycles. The lowest BCUT2D eigenvalue weighted by molar-refractivity contribution is -0.131. The van der Waals surface area contributed by atoms with Crippen LogP contribution in [-0.4, -0.2) is 5.97 Å². The Balaban J connectivity index is 2.36. The van der Waals surface area contributed by atoms with Crippen molar-refractivity contribution < 1.29 is 9.53 Å². The zero-order valence-corrected chi connectivity index (χ0v) is 10.9. The number of hydrogen-bond donors (Lipinski definition) is 0. The molecule has 0 heterocycles. The van der Waals surface area contributed by atoms with E-state index in [9.17, 15) is 4.79 Å². The number of hydrogen-bond acceptors (Lipinski definition) is 2. The second-order valence-electron chi connectivity index (χ2n) is 3.63. The third-order valence-electron chi connectivity index (χ3n) is 2.25. The van der Waals surface area contributed by atoms with Crippen molar-refractivity contribution in [3.8, 4) is 16.9 Å². The van der Waals surface area contributed by atoms with Crippen LogP contribution >= 0.6 is 15.9 Å². The Labute approximate surface area is 108 Å². The van der Waals surface area contributed by atoms with Crippen LogP contribution in [0.15, 0.2) is 53.0 Å². The van der Waals surface area contributed by atoms with E-state index in [1.807, 2.05) is 42.5 Å². The fourth-order valence-electron chi connectivity index (χ4n) is 1.57. The minimum absolute atomic E-state index is 0.309. The standard InChI is InChI=1S/C14H11BrO2/c1-10(16)17-14-7-3-5-12(9-14)11-4-2-6-13(15)8-11/h2-9H,1H3. The summed E-state index contributed by atoms with van der Waals surface area (Å²) in [5.41, 5.74) is 2.10. The maximum atomic E-state index is 10.9. The first-order valence-electron chi connectivity index (χ1n) is 5.19. The van der Waals surface area contributed by atoms with E-state index in [-0.39, 0.29) is 5.97 Å². The Morgan fingerprint density at radius 2 is 1.71 bits per heavy atom. The third kappa shape index (κ3) is 3.17. The molecule has 0 saturated carbocycles. The van der Waals surface area contributed by atoms with Crippen LogP contribution in [0.25, 0.3) is 11.1 Å². The van der Waals surface area contributed by atoms with Gasteiger partial charge in [0.15, 0.2) is 0 Å². The second kappa shape index (κ2) is 5.15. The highest BCUT2D eigenvalue weighted by atomic mass is 79.9. The summed E-state index contributed by atoms with van der Waals surface area (Å²) >= 11 is 3.43. The molecule has 2 aromatic rings. The van der Waals surface area contributed by atoms with Crippen molar-refractivity contribution in [3.05, 3.63) is 53.0 Å². The van der Waals surface area contributed by atoms with E-state index in [0.29, 0.717) is 5.75 Å². The first-order chi connectivity index (χ1) is 8.15. The lowest BCUT2D eigenvalue weighted by atomic mass is 10.1. The lowest BCUT2D eigenvalue weighted by Gasteiger charge is -2.05. The van der Waals surface area contributed by atoms with Gasteiger partial charge in [0.25, 0.3) is 0 Å². The van der Waals surface area contributed by atoms with Crippen LogP contribution < -0.4 is 4.74 Å². The lowest BCUT2D eigenvalue weighted by Crippen LogP contribution is -2.01. The van der Waals surface area contributed by atoms with Gasteiger partial charge in [-0.05, 0) is 35.4 Å². The highest BCUT2D eigenvalue weighted by Gasteiger charge is 2.02. The van der Waals surface area contributed by atoms with Crippen molar-refractivity contribution in [2.75, 3.05) is 0 Å². The topological polar surface area (TPSA) is 26.3 Å². The molecule has 0 aliphatic rings. The zero-order chi connectivity index (χ0) is 12.3. The zero-order valence-electron chi connectivity index (χ0n) is 9.31. The summed E-state index contributed by atoms with van der Waals surface area (Å²) in [6, 6.07) is 15.4. The van der Waals surface area contributed by atoms with E-state index in [2.05, 4.69) is 15.9 Å². The number of carbonyl (C=O) groups excluding carboxylic acids is 1. The molecule has 3 heteroatoms. The number of carbonyl (C=O) groups is 1. The van der Waals surface area contributed by atoms with Crippen molar-refractivity contribution in [2.24, 2.45) is 0 Å². The molecule has 0 saturated heterocycles. The van der Waals surface area contributed by atoms with Gasteiger partial charge in [-0.3, -0.25) is 4.79 Å². The van der Waals surface area contributed by atoms with Crippen LogP contribution in [0.5, 0.6) is 5.75 Å². The number of halogens is 1. The van der Waals surface area contributed by atoms with Gasteiger partial charge in [0, 0.05) is 11.4 Å². The fourth-order valence-corrected chi connectivity index (χ4v) is 1.97. The van der Waals surface area contributed by atoms with E-state index in [1.54, 1.807) is 6.07 Å². The molecule has 0 spiro atoms. The van der Waals surface area contributed by atoms with Crippen molar-refractivity contribution in [1.29, 1.82) is 0 Å². The quantitative estimate of drug-likeness (QED) is 0.616.